The number of nitrogens with zero attached hydrogens (tertiary/aromatic N) is 4. The molecule has 3 rings (SSSR count). The molecule has 158 valence electrons. The topological polar surface area (TPSA) is 63.2 Å². The van der Waals surface area contributed by atoms with Crippen molar-refractivity contribution in [3.05, 3.63) is 47.9 Å². The van der Waals surface area contributed by atoms with E-state index in [1.807, 2.05) is 29.8 Å². The normalized spacial score (nSPS) is 12.1. The Kier molecular flexibility index (Phi) is 7.84. The van der Waals surface area contributed by atoms with E-state index in [1.165, 1.54) is 38.5 Å². The molecule has 3 aromatic rings. The van der Waals surface area contributed by atoms with Crippen LogP contribution in [0.4, 0.5) is 0 Å². The summed E-state index contributed by atoms with van der Waals surface area (Å²) in [5.41, 5.74) is 4.15. The maximum absolute atomic E-state index is 9.99. The Morgan fingerprint density at radius 3 is 2.67 bits per heavy atom. The number of rotatable bonds is 11. The summed E-state index contributed by atoms with van der Waals surface area (Å²) in [5.74, 6) is 1.11. The molecule has 0 saturated carbocycles. The van der Waals surface area contributed by atoms with Gasteiger partial charge in [-0.15, -0.1) is 0 Å². The molecule has 0 spiro atoms. The van der Waals surface area contributed by atoms with E-state index < -0.39 is 0 Å². The zero-order chi connectivity index (χ0) is 21.3. The van der Waals surface area contributed by atoms with Gasteiger partial charge in [0.15, 0.2) is 0 Å². The number of nitriles is 1. The molecule has 1 unspecified atom stereocenters. The molecule has 0 saturated heterocycles. The third-order valence-electron chi connectivity index (χ3n) is 5.61. The van der Waals surface area contributed by atoms with Crippen molar-refractivity contribution in [3.63, 3.8) is 0 Å². The fourth-order valence-corrected chi connectivity index (χ4v) is 4.00. The summed E-state index contributed by atoms with van der Waals surface area (Å²) in [6.07, 6.45) is 14.1. The van der Waals surface area contributed by atoms with Crippen LogP contribution in [0.15, 0.2) is 36.8 Å². The van der Waals surface area contributed by atoms with Crippen molar-refractivity contribution in [1.82, 2.24) is 14.6 Å². The Morgan fingerprint density at radius 1 is 1.17 bits per heavy atom. The summed E-state index contributed by atoms with van der Waals surface area (Å²) in [4.78, 5) is 4.20. The second-order valence-corrected chi connectivity index (χ2v) is 7.89. The van der Waals surface area contributed by atoms with E-state index in [0.717, 1.165) is 28.8 Å². The number of ether oxygens (including phenoxy) is 1. The molecule has 1 atom stereocenters. The molecule has 0 aliphatic carbocycles. The molecule has 30 heavy (non-hydrogen) atoms. The van der Waals surface area contributed by atoms with Crippen LogP contribution in [0.2, 0.25) is 0 Å². The number of hydrogen-bond acceptors (Lipinski definition) is 4. The molecule has 0 bridgehead atoms. The molecule has 0 N–H and O–H groups in total. The predicted molar refractivity (Wildman–Crippen MR) is 121 cm³/mol. The first-order valence-corrected chi connectivity index (χ1v) is 11.2. The van der Waals surface area contributed by atoms with Gasteiger partial charge >= 0.3 is 0 Å². The van der Waals surface area contributed by atoms with Gasteiger partial charge in [0.2, 0.25) is 0 Å². The van der Waals surface area contributed by atoms with E-state index in [9.17, 15) is 5.26 Å². The van der Waals surface area contributed by atoms with E-state index in [2.05, 4.69) is 31.0 Å². The largest absolute Gasteiger partial charge is 0.492 e. The zero-order valence-corrected chi connectivity index (χ0v) is 18.4. The molecular formula is C25H32N4O. The van der Waals surface area contributed by atoms with Crippen LogP contribution < -0.4 is 4.74 Å². The Labute approximate surface area is 179 Å². The van der Waals surface area contributed by atoms with Crippen LogP contribution in [0, 0.1) is 11.3 Å². The smallest absolute Gasteiger partial charge is 0.137 e. The summed E-state index contributed by atoms with van der Waals surface area (Å²) >= 11 is 0. The number of pyridine rings is 2. The van der Waals surface area contributed by atoms with E-state index in [1.54, 1.807) is 12.4 Å². The van der Waals surface area contributed by atoms with Crippen molar-refractivity contribution < 1.29 is 4.74 Å². The number of aromatic nitrogens is 3. The lowest BCUT2D eigenvalue weighted by molar-refractivity contribution is 0.337. The van der Waals surface area contributed by atoms with E-state index >= 15 is 0 Å². The van der Waals surface area contributed by atoms with Gasteiger partial charge in [-0.1, -0.05) is 52.4 Å². The van der Waals surface area contributed by atoms with Gasteiger partial charge in [0.1, 0.15) is 23.1 Å². The van der Waals surface area contributed by atoms with Crippen LogP contribution in [0.5, 0.6) is 5.75 Å². The summed E-state index contributed by atoms with van der Waals surface area (Å²) in [6, 6.07) is 8.31. The zero-order valence-electron chi connectivity index (χ0n) is 18.4. The first-order chi connectivity index (χ1) is 14.7. The molecular weight excluding hydrogens is 372 g/mol. The first-order valence-electron chi connectivity index (χ1n) is 11.2. The third-order valence-corrected chi connectivity index (χ3v) is 5.61. The average molecular weight is 405 g/mol. The molecule has 0 radical (unpaired) electrons. The van der Waals surface area contributed by atoms with Gasteiger partial charge < -0.3 is 4.74 Å². The second-order valence-electron chi connectivity index (χ2n) is 7.89. The van der Waals surface area contributed by atoms with E-state index in [4.69, 9.17) is 9.84 Å². The highest BCUT2D eigenvalue weighted by Gasteiger charge is 2.21. The fourth-order valence-electron chi connectivity index (χ4n) is 4.00. The Morgan fingerprint density at radius 2 is 1.97 bits per heavy atom. The van der Waals surface area contributed by atoms with Crippen LogP contribution in [-0.4, -0.2) is 21.2 Å². The lowest BCUT2D eigenvalue weighted by atomic mass is 9.92. The van der Waals surface area contributed by atoms with Crippen molar-refractivity contribution in [1.29, 1.82) is 5.26 Å². The predicted octanol–water partition coefficient (Wildman–Crippen LogP) is 6.52. The van der Waals surface area contributed by atoms with Gasteiger partial charge in [-0.2, -0.15) is 10.4 Å². The number of fused-ring (bicyclic) bond motifs is 1. The Balaban J connectivity index is 1.95. The maximum Gasteiger partial charge on any atom is 0.137 e. The maximum atomic E-state index is 9.99. The van der Waals surface area contributed by atoms with Gasteiger partial charge in [0.25, 0.3) is 0 Å². The van der Waals surface area contributed by atoms with E-state index in [-0.39, 0.29) is 0 Å². The van der Waals surface area contributed by atoms with Crippen molar-refractivity contribution >= 4 is 5.52 Å². The lowest BCUT2D eigenvalue weighted by Crippen LogP contribution is -2.02. The molecule has 0 fully saturated rings. The second kappa shape index (κ2) is 10.8. The first kappa shape index (κ1) is 21.8. The SMILES string of the molecule is CCCCCCCCC(C)c1cc(OCC)cn2nc(-c3cccnc3)c(C#N)c12. The van der Waals surface area contributed by atoms with Crippen LogP contribution >= 0.6 is 0 Å². The molecule has 3 heterocycles. The van der Waals surface area contributed by atoms with Gasteiger partial charge in [-0.25, -0.2) is 4.52 Å². The molecule has 0 aliphatic rings. The number of hydrogen-bond donors (Lipinski definition) is 0. The third kappa shape index (κ3) is 4.99. The molecule has 3 aromatic heterocycles. The summed E-state index contributed by atoms with van der Waals surface area (Å²) in [5, 5.41) is 14.7. The van der Waals surface area contributed by atoms with Crippen LogP contribution in [0.1, 0.15) is 82.8 Å². The molecule has 0 aromatic carbocycles. The Bertz CT molecular complexity index is 988. The monoisotopic (exact) mass is 404 g/mol. The minimum Gasteiger partial charge on any atom is -0.492 e. The summed E-state index contributed by atoms with van der Waals surface area (Å²) in [7, 11) is 0. The highest BCUT2D eigenvalue weighted by atomic mass is 16.5. The highest BCUT2D eigenvalue weighted by molar-refractivity contribution is 5.79. The van der Waals surface area contributed by atoms with Gasteiger partial charge in [0, 0.05) is 18.0 Å². The van der Waals surface area contributed by atoms with Gasteiger partial charge in [0.05, 0.1) is 18.3 Å². The van der Waals surface area contributed by atoms with Crippen molar-refractivity contribution in [2.24, 2.45) is 0 Å². The van der Waals surface area contributed by atoms with Crippen molar-refractivity contribution in [2.75, 3.05) is 6.61 Å². The van der Waals surface area contributed by atoms with Crippen LogP contribution in [0.3, 0.4) is 0 Å². The van der Waals surface area contributed by atoms with Crippen molar-refractivity contribution in [3.8, 4) is 23.1 Å². The average Bonchev–Trinajstić information content (AvgIpc) is 3.15. The lowest BCUT2D eigenvalue weighted by Gasteiger charge is -2.15. The molecule has 0 aliphatic heterocycles. The minimum atomic E-state index is 0.324. The number of unbranched alkanes of at least 4 members (excludes halogenated alkanes) is 5. The van der Waals surface area contributed by atoms with Crippen LogP contribution in [-0.2, 0) is 0 Å². The fraction of sp³-hybridized carbons (Fsp3) is 0.480. The minimum absolute atomic E-state index is 0.324. The molecule has 5 heteroatoms. The van der Waals surface area contributed by atoms with E-state index in [0.29, 0.717) is 23.8 Å². The standard InChI is InChI=1S/C25H32N4O/c1-4-6-7-8-9-10-12-19(3)22-15-21(30-5-2)18-29-25(22)23(16-26)24(28-29)20-13-11-14-27-17-20/h11,13-15,17-19H,4-10,12H2,1-3H3. The van der Waals surface area contributed by atoms with Gasteiger partial charge in [-0.05, 0) is 43.0 Å². The summed E-state index contributed by atoms with van der Waals surface area (Å²) in [6.45, 7) is 7.07. The summed E-state index contributed by atoms with van der Waals surface area (Å²) < 4.78 is 7.63. The Hall–Kier alpha value is -2.87. The molecule has 5 nitrogen and oxygen atoms in total. The van der Waals surface area contributed by atoms with Crippen LogP contribution in [0.25, 0.3) is 16.8 Å². The highest BCUT2D eigenvalue weighted by Crippen LogP contribution is 2.34. The molecule has 0 amide bonds. The quantitative estimate of drug-likeness (QED) is 0.341. The van der Waals surface area contributed by atoms with Crippen molar-refractivity contribution in [2.45, 2.75) is 71.6 Å². The van der Waals surface area contributed by atoms with Gasteiger partial charge in [-0.3, -0.25) is 4.98 Å².